The predicted octanol–water partition coefficient (Wildman–Crippen LogP) is 5.67. The highest BCUT2D eigenvalue weighted by Gasteiger charge is 2.32. The molecule has 0 N–H and O–H groups in total. The van der Waals surface area contributed by atoms with Gasteiger partial charge >= 0.3 is 11.9 Å². The minimum Gasteiger partial charge on any atom is -0.458 e. The van der Waals surface area contributed by atoms with Crippen molar-refractivity contribution in [2.24, 2.45) is 5.92 Å². The number of carbonyl (C=O) groups excluding carboxylic acids is 2. The van der Waals surface area contributed by atoms with E-state index >= 15 is 0 Å². The Morgan fingerprint density at radius 2 is 1.11 bits per heavy atom. The summed E-state index contributed by atoms with van der Waals surface area (Å²) in [6.07, 6.45) is 2.47. The van der Waals surface area contributed by atoms with Crippen molar-refractivity contribution in [2.75, 3.05) is 0 Å². The molecule has 0 radical (unpaired) electrons. The number of ether oxygens (including phenoxy) is 2. The quantitative estimate of drug-likeness (QED) is 0.497. The zero-order chi connectivity index (χ0) is 20.4. The summed E-state index contributed by atoms with van der Waals surface area (Å²) < 4.78 is 11.7. The molecule has 2 aromatic rings. The summed E-state index contributed by atoms with van der Waals surface area (Å²) in [6, 6.07) is 18.0. The van der Waals surface area contributed by atoms with Gasteiger partial charge in [-0.1, -0.05) is 63.6 Å². The molecule has 0 saturated heterocycles. The molecular weight excluding hydrogens is 352 g/mol. The first-order valence-electron chi connectivity index (χ1n) is 10.1. The van der Waals surface area contributed by atoms with Crippen LogP contribution in [0.1, 0.15) is 67.2 Å². The standard InChI is InChI=1S/C24H30O4/c1-4-13-20(21(5-2)27-23(25)18-14-9-7-10-15-18)22(6-3)28-24(26)19-16-11-8-12-17-19/h7-12,14-17,20-22H,4-6,13H2,1-3H3. The van der Waals surface area contributed by atoms with Crippen molar-refractivity contribution in [1.29, 1.82) is 0 Å². The molecule has 28 heavy (non-hydrogen) atoms. The third kappa shape index (κ3) is 5.95. The predicted molar refractivity (Wildman–Crippen MR) is 110 cm³/mol. The summed E-state index contributed by atoms with van der Waals surface area (Å²) in [6.45, 7) is 6.08. The molecule has 0 fully saturated rings. The van der Waals surface area contributed by atoms with Gasteiger partial charge in [-0.2, -0.15) is 0 Å². The zero-order valence-corrected chi connectivity index (χ0v) is 17.0. The largest absolute Gasteiger partial charge is 0.458 e. The fourth-order valence-corrected chi connectivity index (χ4v) is 3.45. The fourth-order valence-electron chi connectivity index (χ4n) is 3.45. The average Bonchev–Trinajstić information content (AvgIpc) is 2.75. The van der Waals surface area contributed by atoms with E-state index in [1.807, 2.05) is 50.2 Å². The van der Waals surface area contributed by atoms with Crippen LogP contribution in [0, 0.1) is 5.92 Å². The second-order valence-corrected chi connectivity index (χ2v) is 6.89. The Hall–Kier alpha value is -2.62. The lowest BCUT2D eigenvalue weighted by molar-refractivity contribution is -0.0377. The molecule has 2 atom stereocenters. The molecule has 150 valence electrons. The fraction of sp³-hybridized carbons (Fsp3) is 0.417. The Labute approximate surface area is 167 Å². The maximum Gasteiger partial charge on any atom is 0.338 e. The van der Waals surface area contributed by atoms with Crippen molar-refractivity contribution >= 4 is 11.9 Å². The average molecular weight is 383 g/mol. The lowest BCUT2D eigenvalue weighted by Gasteiger charge is -2.32. The summed E-state index contributed by atoms with van der Waals surface area (Å²) in [4.78, 5) is 25.1. The molecule has 0 aromatic heterocycles. The molecule has 0 aliphatic carbocycles. The monoisotopic (exact) mass is 382 g/mol. The van der Waals surface area contributed by atoms with Crippen LogP contribution < -0.4 is 0 Å². The normalized spacial score (nSPS) is 14.0. The molecular formula is C24H30O4. The van der Waals surface area contributed by atoms with E-state index < -0.39 is 0 Å². The molecule has 0 aliphatic heterocycles. The minimum atomic E-state index is -0.335. The first kappa shape index (κ1) is 21.7. The van der Waals surface area contributed by atoms with Crippen molar-refractivity contribution < 1.29 is 19.1 Å². The van der Waals surface area contributed by atoms with Gasteiger partial charge in [-0.15, -0.1) is 0 Å². The molecule has 2 rings (SSSR count). The summed E-state index contributed by atoms with van der Waals surface area (Å²) in [5.74, 6) is -0.712. The van der Waals surface area contributed by atoms with Gasteiger partial charge in [-0.25, -0.2) is 9.59 Å². The summed E-state index contributed by atoms with van der Waals surface area (Å²) >= 11 is 0. The van der Waals surface area contributed by atoms with E-state index in [0.29, 0.717) is 24.0 Å². The Balaban J connectivity index is 2.14. The van der Waals surface area contributed by atoms with Crippen molar-refractivity contribution in [2.45, 2.75) is 58.7 Å². The first-order valence-corrected chi connectivity index (χ1v) is 10.1. The maximum absolute atomic E-state index is 12.5. The van der Waals surface area contributed by atoms with Crippen LogP contribution in [0.4, 0.5) is 0 Å². The van der Waals surface area contributed by atoms with E-state index in [9.17, 15) is 9.59 Å². The third-order valence-corrected chi connectivity index (χ3v) is 4.92. The highest BCUT2D eigenvalue weighted by atomic mass is 16.6. The third-order valence-electron chi connectivity index (χ3n) is 4.92. The summed E-state index contributed by atoms with van der Waals surface area (Å²) in [5.41, 5.74) is 1.07. The van der Waals surface area contributed by atoms with E-state index in [1.54, 1.807) is 24.3 Å². The molecule has 2 unspecified atom stereocenters. The van der Waals surface area contributed by atoms with Crippen LogP contribution in [0.5, 0.6) is 0 Å². The summed E-state index contributed by atoms with van der Waals surface area (Å²) in [7, 11) is 0. The second kappa shape index (κ2) is 11.3. The van der Waals surface area contributed by atoms with Crippen LogP contribution in [-0.2, 0) is 9.47 Å². The van der Waals surface area contributed by atoms with Gasteiger partial charge in [0, 0.05) is 5.92 Å². The second-order valence-electron chi connectivity index (χ2n) is 6.89. The molecule has 0 aliphatic rings. The van der Waals surface area contributed by atoms with Crippen LogP contribution >= 0.6 is 0 Å². The molecule has 4 heteroatoms. The number of rotatable bonds is 10. The number of hydrogen-bond donors (Lipinski definition) is 0. The molecule has 0 spiro atoms. The van der Waals surface area contributed by atoms with Crippen LogP contribution in [0.3, 0.4) is 0 Å². The zero-order valence-electron chi connectivity index (χ0n) is 17.0. The SMILES string of the molecule is CCCC(C(CC)OC(=O)c1ccccc1)C(CC)OC(=O)c1ccccc1. The van der Waals surface area contributed by atoms with Crippen LogP contribution in [0.25, 0.3) is 0 Å². The first-order chi connectivity index (χ1) is 13.6. The lowest BCUT2D eigenvalue weighted by atomic mass is 9.88. The Kier molecular flexibility index (Phi) is 8.73. The molecule has 4 nitrogen and oxygen atoms in total. The Morgan fingerprint density at radius 1 is 0.714 bits per heavy atom. The van der Waals surface area contributed by atoms with Gasteiger partial charge in [-0.3, -0.25) is 0 Å². The van der Waals surface area contributed by atoms with Crippen molar-refractivity contribution in [3.63, 3.8) is 0 Å². The molecule has 0 saturated carbocycles. The van der Waals surface area contributed by atoms with E-state index in [2.05, 4.69) is 6.92 Å². The van der Waals surface area contributed by atoms with Crippen molar-refractivity contribution in [3.8, 4) is 0 Å². The van der Waals surface area contributed by atoms with E-state index in [-0.39, 0.29) is 30.1 Å². The number of hydrogen-bond acceptors (Lipinski definition) is 4. The van der Waals surface area contributed by atoms with Gasteiger partial charge in [0.25, 0.3) is 0 Å². The van der Waals surface area contributed by atoms with Gasteiger partial charge < -0.3 is 9.47 Å². The van der Waals surface area contributed by atoms with Gasteiger partial charge in [0.2, 0.25) is 0 Å². The van der Waals surface area contributed by atoms with Crippen LogP contribution in [0.2, 0.25) is 0 Å². The van der Waals surface area contributed by atoms with E-state index in [4.69, 9.17) is 9.47 Å². The van der Waals surface area contributed by atoms with Crippen LogP contribution in [0.15, 0.2) is 60.7 Å². The topological polar surface area (TPSA) is 52.6 Å². The van der Waals surface area contributed by atoms with Gasteiger partial charge in [0.15, 0.2) is 0 Å². The highest BCUT2D eigenvalue weighted by Crippen LogP contribution is 2.27. The molecule has 0 amide bonds. The minimum absolute atomic E-state index is 0.0414. The Morgan fingerprint density at radius 3 is 1.43 bits per heavy atom. The van der Waals surface area contributed by atoms with E-state index in [0.717, 1.165) is 12.8 Å². The molecule has 0 heterocycles. The van der Waals surface area contributed by atoms with Gasteiger partial charge in [0.05, 0.1) is 11.1 Å². The lowest BCUT2D eigenvalue weighted by Crippen LogP contribution is -2.37. The van der Waals surface area contributed by atoms with Crippen LogP contribution in [-0.4, -0.2) is 24.1 Å². The number of esters is 2. The van der Waals surface area contributed by atoms with Crippen molar-refractivity contribution in [3.05, 3.63) is 71.8 Å². The highest BCUT2D eigenvalue weighted by molar-refractivity contribution is 5.90. The van der Waals surface area contributed by atoms with Crippen molar-refractivity contribution in [1.82, 2.24) is 0 Å². The van der Waals surface area contributed by atoms with Gasteiger partial charge in [-0.05, 0) is 43.5 Å². The molecule has 2 aromatic carbocycles. The number of carbonyl (C=O) groups is 2. The smallest absolute Gasteiger partial charge is 0.338 e. The maximum atomic E-state index is 12.5. The molecule has 0 bridgehead atoms. The van der Waals surface area contributed by atoms with Gasteiger partial charge in [0.1, 0.15) is 12.2 Å². The van der Waals surface area contributed by atoms with E-state index in [1.165, 1.54) is 0 Å². The Bertz CT molecular complexity index is 665. The number of benzene rings is 2. The summed E-state index contributed by atoms with van der Waals surface area (Å²) in [5, 5.41) is 0.